The minimum Gasteiger partial charge on any atom is -0.391 e. The molecule has 4 rings (SSSR count). The van der Waals surface area contributed by atoms with Crippen LogP contribution in [0.2, 0.25) is 0 Å². The first-order valence-electron chi connectivity index (χ1n) is 9.55. The highest BCUT2D eigenvalue weighted by molar-refractivity contribution is 6.04. The molecule has 3 aromatic rings. The maximum atomic E-state index is 14.3. The maximum Gasteiger partial charge on any atom is 0.274 e. The summed E-state index contributed by atoms with van der Waals surface area (Å²) in [6, 6.07) is 8.77. The highest BCUT2D eigenvalue weighted by Crippen LogP contribution is 2.21. The number of aliphatic hydroxyl groups is 1. The Kier molecular flexibility index (Phi) is 5.26. The number of imidazole rings is 1. The molecule has 8 heteroatoms. The van der Waals surface area contributed by atoms with E-state index in [0.717, 1.165) is 18.9 Å². The molecule has 0 saturated heterocycles. The van der Waals surface area contributed by atoms with Crippen LogP contribution in [0.4, 0.5) is 10.1 Å². The van der Waals surface area contributed by atoms with Crippen molar-refractivity contribution in [1.29, 1.82) is 0 Å². The summed E-state index contributed by atoms with van der Waals surface area (Å²) in [7, 11) is 0. The molecule has 3 N–H and O–H groups in total. The Labute approximate surface area is 166 Å². The first-order chi connectivity index (χ1) is 14.0. The average molecular weight is 396 g/mol. The van der Waals surface area contributed by atoms with Gasteiger partial charge in [-0.3, -0.25) is 14.0 Å². The SMILES string of the molecule is O=C(N[C@@H]1CCCC[C@@H]1O)c1ccc(F)c(NC(=O)c2cnc3ccccn23)c1. The number of aromatic nitrogens is 2. The van der Waals surface area contributed by atoms with E-state index in [0.29, 0.717) is 18.5 Å². The second-order valence-corrected chi connectivity index (χ2v) is 7.15. The Bertz CT molecular complexity index is 1070. The standard InChI is InChI=1S/C21H21FN4O3/c22-14-9-8-13(20(28)24-15-5-1-2-6-18(15)27)11-16(14)25-21(29)17-12-23-19-7-3-4-10-26(17)19/h3-4,7-12,15,18,27H,1-2,5-6H2,(H,24,28)(H,25,29)/t15-,18+/m1/s1. The van der Waals surface area contributed by atoms with Crippen molar-refractivity contribution in [2.24, 2.45) is 0 Å². The topological polar surface area (TPSA) is 95.7 Å². The molecule has 7 nitrogen and oxygen atoms in total. The lowest BCUT2D eigenvalue weighted by Crippen LogP contribution is -2.45. The van der Waals surface area contributed by atoms with Gasteiger partial charge in [0.25, 0.3) is 11.8 Å². The highest BCUT2D eigenvalue weighted by Gasteiger charge is 2.25. The lowest BCUT2D eigenvalue weighted by Gasteiger charge is -2.28. The van der Waals surface area contributed by atoms with E-state index in [1.165, 1.54) is 18.3 Å². The number of carbonyl (C=O) groups is 2. The number of rotatable bonds is 4. The molecule has 1 saturated carbocycles. The number of pyridine rings is 1. The molecule has 0 radical (unpaired) electrons. The summed E-state index contributed by atoms with van der Waals surface area (Å²) in [6.45, 7) is 0. The Morgan fingerprint density at radius 3 is 2.79 bits per heavy atom. The third-order valence-corrected chi connectivity index (χ3v) is 5.17. The quantitative estimate of drug-likeness (QED) is 0.632. The van der Waals surface area contributed by atoms with Gasteiger partial charge < -0.3 is 15.7 Å². The van der Waals surface area contributed by atoms with Gasteiger partial charge in [-0.25, -0.2) is 9.37 Å². The fourth-order valence-corrected chi connectivity index (χ4v) is 3.58. The molecule has 0 aliphatic heterocycles. The Morgan fingerprint density at radius 1 is 1.14 bits per heavy atom. The van der Waals surface area contributed by atoms with Crippen LogP contribution in [0.15, 0.2) is 48.8 Å². The first kappa shape index (κ1) is 19.1. The third-order valence-electron chi connectivity index (χ3n) is 5.17. The predicted octanol–water partition coefficient (Wildman–Crippen LogP) is 2.76. The summed E-state index contributed by atoms with van der Waals surface area (Å²) in [4.78, 5) is 29.3. The second kappa shape index (κ2) is 8.00. The lowest BCUT2D eigenvalue weighted by molar-refractivity contribution is 0.0717. The number of halogens is 1. The molecule has 1 aliphatic carbocycles. The van der Waals surface area contributed by atoms with Crippen molar-refractivity contribution in [2.45, 2.75) is 37.8 Å². The molecule has 1 aromatic carbocycles. The van der Waals surface area contributed by atoms with E-state index in [-0.39, 0.29) is 23.0 Å². The van der Waals surface area contributed by atoms with Gasteiger partial charge in [0.1, 0.15) is 17.2 Å². The third kappa shape index (κ3) is 3.97. The monoisotopic (exact) mass is 396 g/mol. The van der Waals surface area contributed by atoms with E-state index in [4.69, 9.17) is 0 Å². The Balaban J connectivity index is 1.52. The minimum absolute atomic E-state index is 0.0993. The van der Waals surface area contributed by atoms with Crippen molar-refractivity contribution in [3.8, 4) is 0 Å². The molecule has 150 valence electrons. The van der Waals surface area contributed by atoms with Crippen LogP contribution in [0.3, 0.4) is 0 Å². The second-order valence-electron chi connectivity index (χ2n) is 7.15. The van der Waals surface area contributed by atoms with E-state index >= 15 is 0 Å². The van der Waals surface area contributed by atoms with Gasteiger partial charge in [0, 0.05) is 11.8 Å². The van der Waals surface area contributed by atoms with Gasteiger partial charge >= 0.3 is 0 Å². The van der Waals surface area contributed by atoms with Crippen LogP contribution in [0.1, 0.15) is 46.5 Å². The summed E-state index contributed by atoms with van der Waals surface area (Å²) in [5.41, 5.74) is 0.952. The van der Waals surface area contributed by atoms with Gasteiger partial charge in [0.2, 0.25) is 0 Å². The lowest BCUT2D eigenvalue weighted by atomic mass is 9.92. The number of fused-ring (bicyclic) bond motifs is 1. The molecule has 0 spiro atoms. The van der Waals surface area contributed by atoms with Gasteiger partial charge in [0.15, 0.2) is 0 Å². The number of carbonyl (C=O) groups excluding carboxylic acids is 2. The summed E-state index contributed by atoms with van der Waals surface area (Å²) >= 11 is 0. The van der Waals surface area contributed by atoms with Gasteiger partial charge in [-0.2, -0.15) is 0 Å². The predicted molar refractivity (Wildman–Crippen MR) is 105 cm³/mol. The van der Waals surface area contributed by atoms with E-state index in [1.54, 1.807) is 28.8 Å². The average Bonchev–Trinajstić information content (AvgIpc) is 3.15. The number of aliphatic hydroxyl groups excluding tert-OH is 1. The van der Waals surface area contributed by atoms with Crippen molar-refractivity contribution in [3.05, 3.63) is 65.9 Å². The fraction of sp³-hybridized carbons (Fsp3) is 0.286. The van der Waals surface area contributed by atoms with Crippen molar-refractivity contribution in [1.82, 2.24) is 14.7 Å². The summed E-state index contributed by atoms with van der Waals surface area (Å²) in [5, 5.41) is 15.3. The molecule has 1 fully saturated rings. The molecule has 2 heterocycles. The number of benzene rings is 1. The van der Waals surface area contributed by atoms with Crippen LogP contribution >= 0.6 is 0 Å². The minimum atomic E-state index is -0.651. The Hall–Kier alpha value is -3.26. The summed E-state index contributed by atoms with van der Waals surface area (Å²) in [6.07, 6.45) is 5.73. The van der Waals surface area contributed by atoms with E-state index in [9.17, 15) is 19.1 Å². The molecular weight excluding hydrogens is 375 g/mol. The van der Waals surface area contributed by atoms with Crippen LogP contribution < -0.4 is 10.6 Å². The molecule has 29 heavy (non-hydrogen) atoms. The molecule has 0 unspecified atom stereocenters. The largest absolute Gasteiger partial charge is 0.391 e. The fourth-order valence-electron chi connectivity index (χ4n) is 3.58. The van der Waals surface area contributed by atoms with Crippen molar-refractivity contribution in [3.63, 3.8) is 0 Å². The number of nitrogens with one attached hydrogen (secondary N) is 2. The molecule has 0 bridgehead atoms. The zero-order chi connectivity index (χ0) is 20.4. The normalized spacial score (nSPS) is 19.1. The van der Waals surface area contributed by atoms with Crippen LogP contribution in [-0.2, 0) is 0 Å². The zero-order valence-corrected chi connectivity index (χ0v) is 15.6. The zero-order valence-electron chi connectivity index (χ0n) is 15.6. The van der Waals surface area contributed by atoms with Gasteiger partial charge in [-0.05, 0) is 43.2 Å². The smallest absolute Gasteiger partial charge is 0.274 e. The van der Waals surface area contributed by atoms with Crippen molar-refractivity contribution < 1.29 is 19.1 Å². The first-order valence-corrected chi connectivity index (χ1v) is 9.55. The van der Waals surface area contributed by atoms with Gasteiger partial charge in [-0.15, -0.1) is 0 Å². The van der Waals surface area contributed by atoms with Gasteiger partial charge in [-0.1, -0.05) is 18.9 Å². The molecule has 2 atom stereocenters. The van der Waals surface area contributed by atoms with E-state index < -0.39 is 23.7 Å². The molecule has 2 amide bonds. The molecule has 2 aromatic heterocycles. The number of hydrogen-bond donors (Lipinski definition) is 3. The van der Waals surface area contributed by atoms with Crippen LogP contribution in [0.5, 0.6) is 0 Å². The van der Waals surface area contributed by atoms with Gasteiger partial charge in [0.05, 0.1) is 24.0 Å². The van der Waals surface area contributed by atoms with Crippen LogP contribution in [0.25, 0.3) is 5.65 Å². The van der Waals surface area contributed by atoms with E-state index in [1.807, 2.05) is 0 Å². The van der Waals surface area contributed by atoms with Crippen LogP contribution in [0, 0.1) is 5.82 Å². The van der Waals surface area contributed by atoms with Crippen molar-refractivity contribution in [2.75, 3.05) is 5.32 Å². The highest BCUT2D eigenvalue weighted by atomic mass is 19.1. The van der Waals surface area contributed by atoms with Crippen LogP contribution in [-0.4, -0.2) is 38.5 Å². The van der Waals surface area contributed by atoms with E-state index in [2.05, 4.69) is 15.6 Å². The molecule has 1 aliphatic rings. The molecular formula is C21H21FN4O3. The number of nitrogens with zero attached hydrogens (tertiary/aromatic N) is 2. The number of hydrogen-bond acceptors (Lipinski definition) is 4. The summed E-state index contributed by atoms with van der Waals surface area (Å²) in [5.74, 6) is -1.61. The Morgan fingerprint density at radius 2 is 1.97 bits per heavy atom. The number of amides is 2. The maximum absolute atomic E-state index is 14.3. The summed E-state index contributed by atoms with van der Waals surface area (Å²) < 4.78 is 15.9. The number of anilines is 1. The van der Waals surface area contributed by atoms with Crippen molar-refractivity contribution >= 4 is 23.1 Å².